The third-order valence-corrected chi connectivity index (χ3v) is 10.6. The zero-order valence-corrected chi connectivity index (χ0v) is 29.1. The van der Waals surface area contributed by atoms with Crippen LogP contribution in [0.1, 0.15) is 31.4 Å². The number of β-lactam (4-membered cyclic amide) rings is 1. The van der Waals surface area contributed by atoms with Gasteiger partial charge >= 0.3 is 18.1 Å². The second-order valence-corrected chi connectivity index (χ2v) is 13.9. The Morgan fingerprint density at radius 1 is 1.02 bits per heavy atom. The third kappa shape index (κ3) is 8.43. The zero-order valence-electron chi connectivity index (χ0n) is 28.2. The highest BCUT2D eigenvalue weighted by Gasteiger charge is 2.60. The molecular weight excluding hydrogens is 704 g/mol. The average molecular weight is 743 g/mol. The molecule has 5 rings (SSSR count). The summed E-state index contributed by atoms with van der Waals surface area (Å²) in [6, 6.07) is 9.44. The Kier molecular flexibility index (Phi) is 12.0. The van der Waals surface area contributed by atoms with E-state index in [4.69, 9.17) is 19.9 Å². The van der Waals surface area contributed by atoms with Crippen molar-refractivity contribution in [2.75, 3.05) is 26.3 Å². The Bertz CT molecular complexity index is 1740. The number of carbonyl (C=O) groups excluding carboxylic acids is 4. The van der Waals surface area contributed by atoms with Crippen LogP contribution in [0, 0.1) is 32.1 Å². The lowest BCUT2D eigenvalue weighted by Crippen LogP contribution is -2.63. The fourth-order valence-corrected chi connectivity index (χ4v) is 8.09. The van der Waals surface area contributed by atoms with Gasteiger partial charge in [0, 0.05) is 53.4 Å². The van der Waals surface area contributed by atoms with Gasteiger partial charge in [-0.05, 0) is 48.7 Å². The molecule has 0 aliphatic carbocycles. The first-order chi connectivity index (χ1) is 24.8. The molecule has 0 radical (unpaired) electrons. The Morgan fingerprint density at radius 3 is 2.13 bits per heavy atom. The molecule has 2 aromatic carbocycles. The van der Waals surface area contributed by atoms with E-state index in [2.05, 4.69) is 5.32 Å². The first-order valence-electron chi connectivity index (χ1n) is 16.4. The minimum atomic E-state index is -0.962. The number of amides is 4. The van der Waals surface area contributed by atoms with Crippen molar-refractivity contribution >= 4 is 47.1 Å². The number of hydrogen-bond acceptors (Lipinski definition) is 13. The van der Waals surface area contributed by atoms with Crippen molar-refractivity contribution < 1.29 is 48.3 Å². The van der Waals surface area contributed by atoms with Crippen LogP contribution in [0.3, 0.4) is 0 Å². The van der Waals surface area contributed by atoms with E-state index in [-0.39, 0.29) is 67.8 Å². The van der Waals surface area contributed by atoms with E-state index < -0.39 is 58.0 Å². The number of benzene rings is 2. The number of esters is 1. The van der Waals surface area contributed by atoms with Crippen LogP contribution >= 0.6 is 11.8 Å². The van der Waals surface area contributed by atoms with Crippen molar-refractivity contribution in [2.24, 2.45) is 17.6 Å². The van der Waals surface area contributed by atoms with Gasteiger partial charge in [0.2, 0.25) is 5.91 Å². The number of nitro benzene ring substituents is 2. The number of rotatable bonds is 15. The Balaban J connectivity index is 1.33. The number of nitrogens with zero attached hydrogens (tertiary/aromatic N) is 4. The number of nitrogens with two attached hydrogens (primary N) is 1. The molecule has 52 heavy (non-hydrogen) atoms. The number of non-ortho nitro benzene ring substituents is 2. The number of fused-ring (bicyclic) bond motifs is 1. The van der Waals surface area contributed by atoms with Crippen LogP contribution in [0.4, 0.5) is 21.0 Å². The van der Waals surface area contributed by atoms with Crippen molar-refractivity contribution in [3.63, 3.8) is 0 Å². The van der Waals surface area contributed by atoms with Gasteiger partial charge in [-0.1, -0.05) is 6.92 Å². The van der Waals surface area contributed by atoms with E-state index >= 15 is 0 Å². The highest BCUT2D eigenvalue weighted by Crippen LogP contribution is 2.52. The molecule has 0 unspecified atom stereocenters. The molecule has 0 spiro atoms. The summed E-state index contributed by atoms with van der Waals surface area (Å²) in [6.07, 6.45) is -1.22. The van der Waals surface area contributed by atoms with E-state index in [0.717, 1.165) is 0 Å². The molecule has 3 heterocycles. The van der Waals surface area contributed by atoms with Crippen molar-refractivity contribution in [2.45, 2.75) is 56.9 Å². The number of nitrogens with one attached hydrogen (secondary N) is 1. The van der Waals surface area contributed by atoms with Crippen molar-refractivity contribution in [3.8, 4) is 0 Å². The van der Waals surface area contributed by atoms with Crippen LogP contribution in [0.25, 0.3) is 0 Å². The second-order valence-electron chi connectivity index (χ2n) is 12.6. The number of carbonyl (C=O) groups is 4. The molecule has 2 fully saturated rings. The zero-order chi connectivity index (χ0) is 37.7. The van der Waals surface area contributed by atoms with Gasteiger partial charge in [0.25, 0.3) is 11.4 Å². The maximum atomic E-state index is 13.7. The van der Waals surface area contributed by atoms with Gasteiger partial charge in [-0.25, -0.2) is 14.4 Å². The quantitative estimate of drug-likeness (QED) is 0.0782. The number of thioether (sulfide) groups is 1. The van der Waals surface area contributed by atoms with E-state index in [1.165, 1.54) is 77.0 Å². The molecule has 4 amide bonds. The first-order valence-corrected chi connectivity index (χ1v) is 17.2. The minimum absolute atomic E-state index is 0.0517. The summed E-state index contributed by atoms with van der Waals surface area (Å²) in [4.78, 5) is 75.7. The van der Waals surface area contributed by atoms with Gasteiger partial charge in [-0.3, -0.25) is 25.0 Å². The van der Waals surface area contributed by atoms with Crippen LogP contribution < -0.4 is 11.1 Å². The molecule has 2 saturated heterocycles. The Labute approximate surface area is 301 Å². The predicted octanol–water partition coefficient (Wildman–Crippen LogP) is 2.81. The van der Waals surface area contributed by atoms with Gasteiger partial charge in [0.1, 0.15) is 18.9 Å². The monoisotopic (exact) mass is 742 g/mol. The Hall–Kier alpha value is -5.27. The molecule has 2 aromatic rings. The van der Waals surface area contributed by atoms with Gasteiger partial charge in [-0.15, -0.1) is 11.8 Å². The smallest absolute Gasteiger partial charge is 0.410 e. The van der Waals surface area contributed by atoms with Gasteiger partial charge in [0.15, 0.2) is 0 Å². The summed E-state index contributed by atoms with van der Waals surface area (Å²) in [6.45, 7) is 3.55. The third-order valence-electron chi connectivity index (χ3n) is 9.09. The van der Waals surface area contributed by atoms with E-state index in [1.54, 1.807) is 0 Å². The number of aliphatic hydroxyl groups is 1. The molecule has 278 valence electrons. The van der Waals surface area contributed by atoms with E-state index in [1.807, 2.05) is 6.92 Å². The summed E-state index contributed by atoms with van der Waals surface area (Å²) in [7, 11) is 0. The standard InChI is InChI=1S/C33H38N6O12S/c1-18-27-26(19(2)40)30(41)37(27)28(31(42)50-15-20-3-7-22(8-4-20)38(45)46)29(18)52-25-13-24(17-49-12-11-35-32(34)43)36(14-25)33(44)51-16-21-5-9-23(10-6-21)39(47)48/h3-10,18-19,24-27,40H,11-17H2,1-2H3,(H3,34,35,43)/t18-,19-,24+,25+,26-,27-/m1/s1. The molecule has 3 aliphatic heterocycles. The van der Waals surface area contributed by atoms with Gasteiger partial charge in [0.05, 0.1) is 47.2 Å². The summed E-state index contributed by atoms with van der Waals surface area (Å²) in [5.41, 5.74) is 5.98. The van der Waals surface area contributed by atoms with Crippen LogP contribution in [0.2, 0.25) is 0 Å². The van der Waals surface area contributed by atoms with E-state index in [9.17, 15) is 44.5 Å². The maximum absolute atomic E-state index is 13.7. The maximum Gasteiger partial charge on any atom is 0.410 e. The second kappa shape index (κ2) is 16.4. The van der Waals surface area contributed by atoms with Gasteiger partial charge < -0.3 is 40.2 Å². The highest BCUT2D eigenvalue weighted by atomic mass is 32.2. The number of likely N-dealkylation sites (tertiary alicyclic amines) is 1. The first kappa shape index (κ1) is 38.0. The summed E-state index contributed by atoms with van der Waals surface area (Å²) in [5, 5.41) is 34.6. The van der Waals surface area contributed by atoms with Crippen LogP contribution in [-0.4, -0.2) is 98.5 Å². The molecule has 18 nitrogen and oxygen atoms in total. The molecule has 4 N–H and O–H groups in total. The SMILES string of the molecule is C[C@@H](O)[C@H]1C(=O)N2C(C(=O)OCc3ccc([N+](=O)[O-])cc3)=C(S[C@H]3C[C@@H](COCCNC(N)=O)N(C(=O)OCc4ccc([N+](=O)[O-])cc4)C3)[C@H](C)[C@H]12. The Morgan fingerprint density at radius 2 is 1.60 bits per heavy atom. The van der Waals surface area contributed by atoms with Crippen LogP contribution in [-0.2, 0) is 37.0 Å². The number of primary amides is 1. The molecule has 6 atom stereocenters. The van der Waals surface area contributed by atoms with Gasteiger partial charge in [-0.2, -0.15) is 0 Å². The number of aliphatic hydroxyl groups excluding tert-OH is 1. The summed E-state index contributed by atoms with van der Waals surface area (Å²) in [5.74, 6) is -2.27. The number of hydrogen-bond donors (Lipinski definition) is 3. The van der Waals surface area contributed by atoms with E-state index in [0.29, 0.717) is 22.5 Å². The van der Waals surface area contributed by atoms with Crippen molar-refractivity contribution in [3.05, 3.63) is 90.5 Å². The lowest BCUT2D eigenvalue weighted by Gasteiger charge is -2.46. The fourth-order valence-electron chi connectivity index (χ4n) is 6.53. The number of ether oxygens (including phenoxy) is 3. The number of nitro groups is 2. The lowest BCUT2D eigenvalue weighted by atomic mass is 9.79. The predicted molar refractivity (Wildman–Crippen MR) is 183 cm³/mol. The molecule has 0 saturated carbocycles. The van der Waals surface area contributed by atoms with Crippen molar-refractivity contribution in [1.82, 2.24) is 15.1 Å². The summed E-state index contributed by atoms with van der Waals surface area (Å²) >= 11 is 1.33. The molecule has 0 bridgehead atoms. The fraction of sp³-hybridized carbons (Fsp3) is 0.455. The normalized spacial score (nSPS) is 22.8. The highest BCUT2D eigenvalue weighted by molar-refractivity contribution is 8.03. The lowest BCUT2D eigenvalue weighted by molar-refractivity contribution is -0.385. The molecule has 19 heteroatoms. The minimum Gasteiger partial charge on any atom is -0.456 e. The largest absolute Gasteiger partial charge is 0.456 e. The average Bonchev–Trinajstić information content (AvgIpc) is 3.61. The van der Waals surface area contributed by atoms with Crippen LogP contribution in [0.15, 0.2) is 59.1 Å². The van der Waals surface area contributed by atoms with Crippen LogP contribution in [0.5, 0.6) is 0 Å². The molecular formula is C33H38N6O12S. The number of urea groups is 1. The van der Waals surface area contributed by atoms with Crippen molar-refractivity contribution in [1.29, 1.82) is 0 Å². The molecule has 0 aromatic heterocycles. The summed E-state index contributed by atoms with van der Waals surface area (Å²) < 4.78 is 16.9. The topological polar surface area (TPSA) is 247 Å². The molecule has 3 aliphatic rings.